The van der Waals surface area contributed by atoms with Gasteiger partial charge in [-0.05, 0) is 37.3 Å². The van der Waals surface area contributed by atoms with Crippen molar-refractivity contribution in [1.82, 2.24) is 10.2 Å². The normalized spacial score (nSPS) is 14.4. The fourth-order valence-electron chi connectivity index (χ4n) is 2.26. The van der Waals surface area contributed by atoms with Crippen LogP contribution in [-0.4, -0.2) is 16.1 Å². The van der Waals surface area contributed by atoms with Gasteiger partial charge in [-0.15, -0.1) is 21.5 Å². The van der Waals surface area contributed by atoms with E-state index in [1.807, 2.05) is 6.07 Å². The summed E-state index contributed by atoms with van der Waals surface area (Å²) in [6, 6.07) is 2.02. The SMILES string of the molecule is CCCc1sc(C(=O)Nc2nnc(C3CC3)s2)cc1CC. The molecule has 0 atom stereocenters. The number of hydrogen-bond acceptors (Lipinski definition) is 5. The lowest BCUT2D eigenvalue weighted by Gasteiger charge is -1.97. The van der Waals surface area contributed by atoms with E-state index in [0.717, 1.165) is 29.1 Å². The number of carbonyl (C=O) groups is 1. The van der Waals surface area contributed by atoms with Gasteiger partial charge in [-0.2, -0.15) is 0 Å². The molecular formula is C15H19N3OS2. The highest BCUT2D eigenvalue weighted by atomic mass is 32.1. The van der Waals surface area contributed by atoms with Crippen molar-refractivity contribution >= 4 is 33.7 Å². The first kappa shape index (κ1) is 14.7. The van der Waals surface area contributed by atoms with Gasteiger partial charge < -0.3 is 0 Å². The second-order valence-corrected chi connectivity index (χ2v) is 7.48. The monoisotopic (exact) mass is 321 g/mol. The maximum atomic E-state index is 12.3. The highest BCUT2D eigenvalue weighted by Crippen LogP contribution is 2.42. The largest absolute Gasteiger partial charge is 0.296 e. The number of amides is 1. The fraction of sp³-hybridized carbons (Fsp3) is 0.533. The number of nitrogens with one attached hydrogen (secondary N) is 1. The van der Waals surface area contributed by atoms with Crippen molar-refractivity contribution < 1.29 is 4.79 Å². The van der Waals surface area contributed by atoms with Gasteiger partial charge in [0.05, 0.1) is 4.88 Å². The number of thiophene rings is 1. The molecule has 3 rings (SSSR count). The van der Waals surface area contributed by atoms with E-state index >= 15 is 0 Å². The first-order chi connectivity index (χ1) is 10.2. The second-order valence-electron chi connectivity index (χ2n) is 5.34. The van der Waals surface area contributed by atoms with Crippen molar-refractivity contribution in [2.75, 3.05) is 5.32 Å². The van der Waals surface area contributed by atoms with E-state index < -0.39 is 0 Å². The minimum Gasteiger partial charge on any atom is -0.296 e. The van der Waals surface area contributed by atoms with E-state index in [1.165, 1.54) is 34.6 Å². The van der Waals surface area contributed by atoms with Crippen molar-refractivity contribution in [3.63, 3.8) is 0 Å². The third-order valence-electron chi connectivity index (χ3n) is 3.57. The number of aromatic nitrogens is 2. The molecule has 2 aromatic heterocycles. The Morgan fingerprint density at radius 3 is 2.81 bits per heavy atom. The predicted molar refractivity (Wildman–Crippen MR) is 87.5 cm³/mol. The van der Waals surface area contributed by atoms with Crippen LogP contribution in [0.5, 0.6) is 0 Å². The van der Waals surface area contributed by atoms with E-state index in [4.69, 9.17) is 0 Å². The Morgan fingerprint density at radius 2 is 2.14 bits per heavy atom. The van der Waals surface area contributed by atoms with Crippen LogP contribution in [0.1, 0.15) is 64.1 Å². The van der Waals surface area contributed by atoms with Crippen molar-refractivity contribution in [3.8, 4) is 0 Å². The zero-order valence-electron chi connectivity index (χ0n) is 12.3. The molecule has 0 bridgehead atoms. The Kier molecular flexibility index (Phi) is 4.35. The number of carbonyl (C=O) groups excluding carboxylic acids is 1. The molecule has 0 aromatic carbocycles. The van der Waals surface area contributed by atoms with Crippen LogP contribution in [0.4, 0.5) is 5.13 Å². The Morgan fingerprint density at radius 1 is 1.33 bits per heavy atom. The highest BCUT2D eigenvalue weighted by Gasteiger charge is 2.28. The average Bonchev–Trinajstić information content (AvgIpc) is 3.08. The molecule has 1 N–H and O–H groups in total. The van der Waals surface area contributed by atoms with Crippen LogP contribution in [-0.2, 0) is 12.8 Å². The molecule has 6 heteroatoms. The van der Waals surface area contributed by atoms with Gasteiger partial charge in [0.15, 0.2) is 0 Å². The molecule has 0 saturated heterocycles. The molecule has 0 aliphatic heterocycles. The topological polar surface area (TPSA) is 54.9 Å². The van der Waals surface area contributed by atoms with E-state index in [-0.39, 0.29) is 5.91 Å². The summed E-state index contributed by atoms with van der Waals surface area (Å²) < 4.78 is 0. The Bertz CT molecular complexity index is 643. The second kappa shape index (κ2) is 6.23. The van der Waals surface area contributed by atoms with Crippen LogP contribution in [0.2, 0.25) is 0 Å². The molecule has 112 valence electrons. The van der Waals surface area contributed by atoms with Crippen molar-refractivity contribution in [1.29, 1.82) is 0 Å². The van der Waals surface area contributed by atoms with Crippen molar-refractivity contribution in [2.45, 2.75) is 51.9 Å². The number of hydrogen-bond donors (Lipinski definition) is 1. The van der Waals surface area contributed by atoms with E-state index in [1.54, 1.807) is 11.3 Å². The van der Waals surface area contributed by atoms with Crippen LogP contribution >= 0.6 is 22.7 Å². The number of anilines is 1. The van der Waals surface area contributed by atoms with Gasteiger partial charge in [0.2, 0.25) is 5.13 Å². The lowest BCUT2D eigenvalue weighted by molar-refractivity contribution is 0.103. The quantitative estimate of drug-likeness (QED) is 0.865. The summed E-state index contributed by atoms with van der Waals surface area (Å²) in [7, 11) is 0. The van der Waals surface area contributed by atoms with Crippen LogP contribution in [0, 0.1) is 0 Å². The maximum absolute atomic E-state index is 12.3. The molecule has 1 aliphatic carbocycles. The fourth-order valence-corrected chi connectivity index (χ4v) is 4.41. The van der Waals surface area contributed by atoms with Crippen LogP contribution in [0.3, 0.4) is 0 Å². The molecule has 1 aliphatic rings. The summed E-state index contributed by atoms with van der Waals surface area (Å²) in [5.41, 5.74) is 1.29. The Labute approximate surface area is 132 Å². The lowest BCUT2D eigenvalue weighted by atomic mass is 10.1. The molecule has 0 spiro atoms. The number of nitrogens with zero attached hydrogens (tertiary/aromatic N) is 2. The lowest BCUT2D eigenvalue weighted by Crippen LogP contribution is -2.09. The van der Waals surface area contributed by atoms with Crippen LogP contribution in [0.15, 0.2) is 6.07 Å². The summed E-state index contributed by atoms with van der Waals surface area (Å²) in [6.07, 6.45) is 5.53. The molecule has 1 fully saturated rings. The highest BCUT2D eigenvalue weighted by molar-refractivity contribution is 7.16. The molecule has 0 radical (unpaired) electrons. The standard InChI is InChI=1S/C15H19N3OS2/c1-3-5-11-9(4-2)8-12(20-11)13(19)16-15-18-17-14(21-15)10-6-7-10/h8,10H,3-7H2,1-2H3,(H,16,18,19). The summed E-state index contributed by atoms with van der Waals surface area (Å²) in [5, 5.41) is 12.8. The molecular weight excluding hydrogens is 302 g/mol. The van der Waals surface area contributed by atoms with E-state index in [2.05, 4.69) is 29.4 Å². The Balaban J connectivity index is 1.71. The summed E-state index contributed by atoms with van der Waals surface area (Å²) >= 11 is 3.11. The molecule has 2 heterocycles. The minimum atomic E-state index is -0.0597. The molecule has 2 aromatic rings. The predicted octanol–water partition coefficient (Wildman–Crippen LogP) is 4.24. The van der Waals surface area contributed by atoms with Gasteiger partial charge in [-0.25, -0.2) is 0 Å². The van der Waals surface area contributed by atoms with Gasteiger partial charge in [0.1, 0.15) is 5.01 Å². The van der Waals surface area contributed by atoms with Gasteiger partial charge in [0, 0.05) is 10.8 Å². The van der Waals surface area contributed by atoms with Gasteiger partial charge in [-0.1, -0.05) is 31.6 Å². The zero-order valence-corrected chi connectivity index (χ0v) is 13.9. The third kappa shape index (κ3) is 3.32. The average molecular weight is 321 g/mol. The number of rotatable bonds is 6. The van der Waals surface area contributed by atoms with Crippen LogP contribution in [0.25, 0.3) is 0 Å². The van der Waals surface area contributed by atoms with Crippen LogP contribution < -0.4 is 5.32 Å². The summed E-state index contributed by atoms with van der Waals surface area (Å²) in [4.78, 5) is 14.4. The van der Waals surface area contributed by atoms with Gasteiger partial charge in [-0.3, -0.25) is 10.1 Å². The van der Waals surface area contributed by atoms with Gasteiger partial charge >= 0.3 is 0 Å². The van der Waals surface area contributed by atoms with Crippen molar-refractivity contribution in [2.24, 2.45) is 0 Å². The molecule has 21 heavy (non-hydrogen) atoms. The summed E-state index contributed by atoms with van der Waals surface area (Å²) in [5.74, 6) is 0.522. The van der Waals surface area contributed by atoms with Gasteiger partial charge in [0.25, 0.3) is 5.91 Å². The molecule has 1 amide bonds. The molecule has 4 nitrogen and oxygen atoms in total. The number of aryl methyl sites for hydroxylation is 2. The first-order valence-electron chi connectivity index (χ1n) is 7.47. The smallest absolute Gasteiger partial charge is 0.267 e. The first-order valence-corrected chi connectivity index (χ1v) is 9.10. The minimum absolute atomic E-state index is 0.0597. The zero-order chi connectivity index (χ0) is 14.8. The van der Waals surface area contributed by atoms with Crippen molar-refractivity contribution in [3.05, 3.63) is 26.4 Å². The maximum Gasteiger partial charge on any atom is 0.267 e. The van der Waals surface area contributed by atoms with E-state index in [9.17, 15) is 4.79 Å². The summed E-state index contributed by atoms with van der Waals surface area (Å²) in [6.45, 7) is 4.30. The molecule has 0 unspecified atom stereocenters. The molecule has 1 saturated carbocycles. The van der Waals surface area contributed by atoms with E-state index in [0.29, 0.717) is 11.0 Å². The Hall–Kier alpha value is -1.27. The third-order valence-corrected chi connectivity index (χ3v) is 5.80.